The van der Waals surface area contributed by atoms with E-state index in [0.29, 0.717) is 17.5 Å². The predicted molar refractivity (Wildman–Crippen MR) is 236 cm³/mol. The number of thiophene rings is 1. The van der Waals surface area contributed by atoms with Crippen LogP contribution in [0, 0.1) is 0 Å². The van der Waals surface area contributed by atoms with Gasteiger partial charge in [-0.2, -0.15) is 0 Å². The number of rotatable bonds is 5. The molecule has 12 rings (SSSR count). The fourth-order valence-corrected chi connectivity index (χ4v) is 9.50. The smallest absolute Gasteiger partial charge is 0.164 e. The van der Waals surface area contributed by atoms with E-state index in [4.69, 9.17) is 19.4 Å². The van der Waals surface area contributed by atoms with Crippen molar-refractivity contribution in [2.75, 3.05) is 0 Å². The van der Waals surface area contributed by atoms with E-state index in [9.17, 15) is 0 Å². The fourth-order valence-electron chi connectivity index (χ4n) is 8.38. The molecule has 0 saturated heterocycles. The van der Waals surface area contributed by atoms with Crippen LogP contribution in [0.2, 0.25) is 0 Å². The second-order valence-electron chi connectivity index (χ2n) is 14.4. The van der Waals surface area contributed by atoms with E-state index in [1.807, 2.05) is 60.7 Å². The molecule has 266 valence electrons. The van der Waals surface area contributed by atoms with E-state index in [1.54, 1.807) is 11.3 Å². The lowest BCUT2D eigenvalue weighted by Gasteiger charge is -2.08. The van der Waals surface area contributed by atoms with Gasteiger partial charge in [0.15, 0.2) is 17.5 Å². The topological polar surface area (TPSA) is 56.7 Å². The average molecular weight is 747 g/mol. The van der Waals surface area contributed by atoms with Gasteiger partial charge in [-0.25, -0.2) is 15.0 Å². The summed E-state index contributed by atoms with van der Waals surface area (Å²) in [5.74, 6) is 1.96. The van der Waals surface area contributed by atoms with Gasteiger partial charge in [0.1, 0.15) is 11.2 Å². The standard InChI is InChI=1S/C51H30N4OS/c1-3-12-31(13-4-1)49-52-50(32-14-5-2-6-15-32)54-51(53-49)34-22-25-40-42-28-33(23-27-46(42)57-47(40)29-34)36-18-11-19-41-39-26-24-35(30-45(39)56-48(36)41)55-43-20-9-7-16-37(43)38-17-8-10-21-44(38)55/h1-30H. The van der Waals surface area contributed by atoms with Gasteiger partial charge in [0.05, 0.1) is 11.0 Å². The highest BCUT2D eigenvalue weighted by Crippen LogP contribution is 2.42. The van der Waals surface area contributed by atoms with Crippen LogP contribution < -0.4 is 0 Å². The van der Waals surface area contributed by atoms with Gasteiger partial charge in [-0.05, 0) is 48.0 Å². The Morgan fingerprint density at radius 3 is 1.68 bits per heavy atom. The first-order valence-electron chi connectivity index (χ1n) is 19.0. The summed E-state index contributed by atoms with van der Waals surface area (Å²) in [5.41, 5.74) is 10.3. The highest BCUT2D eigenvalue weighted by molar-refractivity contribution is 7.25. The summed E-state index contributed by atoms with van der Waals surface area (Å²) in [6.07, 6.45) is 0. The summed E-state index contributed by atoms with van der Waals surface area (Å²) in [4.78, 5) is 14.8. The molecule has 0 amide bonds. The highest BCUT2D eigenvalue weighted by atomic mass is 32.1. The molecule has 12 aromatic rings. The fraction of sp³-hybridized carbons (Fsp3) is 0. The monoisotopic (exact) mass is 746 g/mol. The Labute approximate surface area is 330 Å². The predicted octanol–water partition coefficient (Wildman–Crippen LogP) is 13.9. The van der Waals surface area contributed by atoms with Crippen molar-refractivity contribution in [3.05, 3.63) is 182 Å². The van der Waals surface area contributed by atoms with Crippen molar-refractivity contribution >= 4 is 75.3 Å². The van der Waals surface area contributed by atoms with Crippen LogP contribution >= 0.6 is 11.3 Å². The number of nitrogens with zero attached hydrogens (tertiary/aromatic N) is 4. The Bertz CT molecular complexity index is 3420. The van der Waals surface area contributed by atoms with Gasteiger partial charge < -0.3 is 8.98 Å². The molecule has 5 nitrogen and oxygen atoms in total. The molecule has 0 saturated carbocycles. The van der Waals surface area contributed by atoms with Crippen molar-refractivity contribution < 1.29 is 4.42 Å². The average Bonchev–Trinajstić information content (AvgIpc) is 3.95. The van der Waals surface area contributed by atoms with Crippen molar-refractivity contribution in [2.45, 2.75) is 0 Å². The summed E-state index contributed by atoms with van der Waals surface area (Å²) in [7, 11) is 0. The van der Waals surface area contributed by atoms with E-state index in [0.717, 1.165) is 55.4 Å². The molecular weight excluding hydrogens is 717 g/mol. The Hall–Kier alpha value is -7.41. The minimum Gasteiger partial charge on any atom is -0.455 e. The van der Waals surface area contributed by atoms with Crippen LogP contribution in [-0.4, -0.2) is 19.5 Å². The number of hydrogen-bond acceptors (Lipinski definition) is 5. The summed E-state index contributed by atoms with van der Waals surface area (Å²) in [6, 6.07) is 63.8. The van der Waals surface area contributed by atoms with E-state index in [1.165, 1.54) is 42.0 Å². The van der Waals surface area contributed by atoms with Gasteiger partial charge in [0.2, 0.25) is 0 Å². The van der Waals surface area contributed by atoms with Crippen LogP contribution in [0.25, 0.3) is 115 Å². The third kappa shape index (κ3) is 5.12. The molecule has 0 aliphatic heterocycles. The summed E-state index contributed by atoms with van der Waals surface area (Å²) in [6.45, 7) is 0. The normalized spacial score (nSPS) is 11.9. The Morgan fingerprint density at radius 1 is 0.386 bits per heavy atom. The van der Waals surface area contributed by atoms with Crippen LogP contribution in [0.3, 0.4) is 0 Å². The minimum absolute atomic E-state index is 0.653. The SMILES string of the molecule is c1ccc(-c2nc(-c3ccccc3)nc(-c3ccc4c(c3)sc3ccc(-c5cccc6c5oc5cc(-n7c8ccccc8c8ccccc87)ccc56)cc34)n2)cc1. The molecule has 4 heterocycles. The van der Waals surface area contributed by atoms with Gasteiger partial charge in [0.25, 0.3) is 0 Å². The molecular formula is C51H30N4OS. The molecule has 0 bridgehead atoms. The number of aromatic nitrogens is 4. The molecule has 0 N–H and O–H groups in total. The van der Waals surface area contributed by atoms with Crippen molar-refractivity contribution in [2.24, 2.45) is 0 Å². The lowest BCUT2D eigenvalue weighted by atomic mass is 10.00. The van der Waals surface area contributed by atoms with Gasteiger partial charge in [-0.15, -0.1) is 11.3 Å². The molecule has 57 heavy (non-hydrogen) atoms. The molecule has 0 unspecified atom stereocenters. The van der Waals surface area contributed by atoms with Crippen molar-refractivity contribution in [3.8, 4) is 51.0 Å². The lowest BCUT2D eigenvalue weighted by Crippen LogP contribution is -1.99. The number of furan rings is 1. The van der Waals surface area contributed by atoms with Crippen LogP contribution in [0.15, 0.2) is 186 Å². The van der Waals surface area contributed by atoms with Crippen molar-refractivity contribution in [1.29, 1.82) is 0 Å². The molecule has 0 aliphatic rings. The number of hydrogen-bond donors (Lipinski definition) is 0. The maximum Gasteiger partial charge on any atom is 0.164 e. The van der Waals surface area contributed by atoms with Crippen LogP contribution in [-0.2, 0) is 0 Å². The van der Waals surface area contributed by atoms with Crippen LogP contribution in [0.4, 0.5) is 0 Å². The van der Waals surface area contributed by atoms with Crippen LogP contribution in [0.5, 0.6) is 0 Å². The zero-order chi connectivity index (χ0) is 37.5. The maximum atomic E-state index is 6.80. The first-order valence-corrected chi connectivity index (χ1v) is 19.8. The van der Waals surface area contributed by atoms with Gasteiger partial charge in [-0.3, -0.25) is 0 Å². The zero-order valence-electron chi connectivity index (χ0n) is 30.4. The number of para-hydroxylation sites is 3. The summed E-state index contributed by atoms with van der Waals surface area (Å²) >= 11 is 1.79. The summed E-state index contributed by atoms with van der Waals surface area (Å²) < 4.78 is 11.5. The molecule has 0 aliphatic carbocycles. The third-order valence-corrected chi connectivity index (χ3v) is 12.2. The van der Waals surface area contributed by atoms with E-state index < -0.39 is 0 Å². The molecule has 8 aromatic carbocycles. The zero-order valence-corrected chi connectivity index (χ0v) is 31.2. The Kier molecular flexibility index (Phi) is 7.03. The molecule has 6 heteroatoms. The highest BCUT2D eigenvalue weighted by Gasteiger charge is 2.18. The first-order chi connectivity index (χ1) is 28.2. The molecule has 0 radical (unpaired) electrons. The molecule has 0 spiro atoms. The second kappa shape index (κ2) is 12.6. The number of benzene rings is 8. The molecule has 0 fully saturated rings. The van der Waals surface area contributed by atoms with Crippen molar-refractivity contribution in [3.63, 3.8) is 0 Å². The molecule has 0 atom stereocenters. The minimum atomic E-state index is 0.653. The quantitative estimate of drug-likeness (QED) is 0.176. The number of fused-ring (bicyclic) bond motifs is 9. The molecule has 4 aromatic heterocycles. The van der Waals surface area contributed by atoms with E-state index in [2.05, 4.69) is 126 Å². The third-order valence-electron chi connectivity index (χ3n) is 11.1. The summed E-state index contributed by atoms with van der Waals surface area (Å²) in [5, 5.41) is 7.12. The Morgan fingerprint density at radius 2 is 0.982 bits per heavy atom. The van der Waals surface area contributed by atoms with E-state index in [-0.39, 0.29) is 0 Å². The second-order valence-corrected chi connectivity index (χ2v) is 15.5. The maximum absolute atomic E-state index is 6.80. The van der Waals surface area contributed by atoms with Gasteiger partial charge in [-0.1, -0.05) is 133 Å². The van der Waals surface area contributed by atoms with Crippen LogP contribution in [0.1, 0.15) is 0 Å². The van der Waals surface area contributed by atoms with Gasteiger partial charge in [0, 0.05) is 75.7 Å². The van der Waals surface area contributed by atoms with Crippen molar-refractivity contribution in [1.82, 2.24) is 19.5 Å². The van der Waals surface area contributed by atoms with E-state index >= 15 is 0 Å². The largest absolute Gasteiger partial charge is 0.455 e. The first kappa shape index (κ1) is 31.9. The lowest BCUT2D eigenvalue weighted by molar-refractivity contribution is 0.669. The van der Waals surface area contributed by atoms with Gasteiger partial charge >= 0.3 is 0 Å². The Balaban J connectivity index is 0.957.